The zero-order chi connectivity index (χ0) is 32.2. The number of nitrogen functional groups attached to an aromatic ring is 2. The van der Waals surface area contributed by atoms with Crippen LogP contribution >= 0.6 is 45.2 Å². The number of rotatable bonds is 9. The molecular weight excluding hydrogens is 798 g/mol. The van der Waals surface area contributed by atoms with Crippen LogP contribution in [0.25, 0.3) is 0 Å². The van der Waals surface area contributed by atoms with Crippen molar-refractivity contribution in [3.63, 3.8) is 0 Å². The van der Waals surface area contributed by atoms with E-state index in [0.29, 0.717) is 35.7 Å². The van der Waals surface area contributed by atoms with Gasteiger partial charge in [-0.15, -0.1) is 4.91 Å². The van der Waals surface area contributed by atoms with Gasteiger partial charge in [-0.2, -0.15) is 8.42 Å². The molecular formula is C26H30I2N4O9S. The Labute approximate surface area is 269 Å². The van der Waals surface area contributed by atoms with Crippen molar-refractivity contribution < 1.29 is 37.9 Å². The van der Waals surface area contributed by atoms with Crippen LogP contribution in [-0.4, -0.2) is 59.1 Å². The highest BCUT2D eigenvalue weighted by molar-refractivity contribution is 14.1. The van der Waals surface area contributed by atoms with Crippen LogP contribution in [0.15, 0.2) is 53.7 Å². The van der Waals surface area contributed by atoms with Crippen LogP contribution in [0.2, 0.25) is 0 Å². The summed E-state index contributed by atoms with van der Waals surface area (Å²) in [6.07, 6.45) is 0.265. The molecule has 0 aromatic heterocycles. The molecule has 0 fully saturated rings. The third-order valence-corrected chi connectivity index (χ3v) is 7.89. The number of phenolic OH excluding ortho intramolecular Hbond substituents is 1. The summed E-state index contributed by atoms with van der Waals surface area (Å²) in [5, 5.41) is 29.6. The van der Waals surface area contributed by atoms with E-state index < -0.39 is 22.1 Å². The number of phenols is 1. The average Bonchev–Trinajstić information content (AvgIpc) is 2.90. The SMILES string of the molecule is CCN(CCCS(=O)(=O)O)c1ccc(N=O)c(O)c1.Cc1c(N)cccc1C(=O)O.Nc1c(I)cc(I)cc1C(=O)O. The molecule has 3 rings (SSSR count). The molecule has 0 aliphatic heterocycles. The maximum atomic E-state index is 10.6. The van der Waals surface area contributed by atoms with Crippen molar-refractivity contribution >= 4 is 90.0 Å². The summed E-state index contributed by atoms with van der Waals surface area (Å²) in [4.78, 5) is 33.3. The number of hydrogen-bond acceptors (Lipinski definition) is 10. The zero-order valence-electron chi connectivity index (χ0n) is 22.5. The quantitative estimate of drug-likeness (QED) is 0.0694. The van der Waals surface area contributed by atoms with E-state index in [2.05, 4.69) is 27.8 Å². The number of hydrogen-bond donors (Lipinski definition) is 6. The van der Waals surface area contributed by atoms with Crippen molar-refractivity contribution in [1.82, 2.24) is 0 Å². The van der Waals surface area contributed by atoms with Gasteiger partial charge in [0.05, 0.1) is 22.6 Å². The summed E-state index contributed by atoms with van der Waals surface area (Å²) in [5.41, 5.74) is 13.6. The summed E-state index contributed by atoms with van der Waals surface area (Å²) in [7, 11) is -3.96. The highest BCUT2D eigenvalue weighted by Crippen LogP contribution is 2.30. The predicted octanol–water partition coefficient (Wildman–Crippen LogP) is 5.35. The van der Waals surface area contributed by atoms with E-state index >= 15 is 0 Å². The minimum atomic E-state index is -3.96. The number of carboxylic acid groups (broad SMARTS) is 2. The molecule has 13 nitrogen and oxygen atoms in total. The third kappa shape index (κ3) is 11.9. The summed E-state index contributed by atoms with van der Waals surface area (Å²) < 4.78 is 31.6. The molecule has 3 aromatic rings. The highest BCUT2D eigenvalue weighted by Gasteiger charge is 2.12. The molecule has 0 aliphatic rings. The number of nitrogens with two attached hydrogens (primary N) is 2. The second kappa shape index (κ2) is 17.0. The van der Waals surface area contributed by atoms with E-state index in [1.807, 2.05) is 40.5 Å². The van der Waals surface area contributed by atoms with Crippen molar-refractivity contribution in [2.75, 3.05) is 35.2 Å². The fourth-order valence-electron chi connectivity index (χ4n) is 3.34. The maximum absolute atomic E-state index is 10.6. The largest absolute Gasteiger partial charge is 0.505 e. The molecule has 228 valence electrons. The van der Waals surface area contributed by atoms with Gasteiger partial charge in [0.15, 0.2) is 0 Å². The van der Waals surface area contributed by atoms with E-state index in [0.717, 1.165) is 7.14 Å². The smallest absolute Gasteiger partial charge is 0.337 e. The van der Waals surface area contributed by atoms with E-state index in [-0.39, 0.29) is 34.7 Å². The first kappa shape index (κ1) is 36.8. The van der Waals surface area contributed by atoms with Crippen LogP contribution < -0.4 is 16.4 Å². The Morgan fingerprint density at radius 2 is 1.62 bits per heavy atom. The molecule has 0 saturated carbocycles. The first-order valence-electron chi connectivity index (χ1n) is 11.9. The van der Waals surface area contributed by atoms with Crippen LogP contribution in [0.5, 0.6) is 5.75 Å². The fourth-order valence-corrected chi connectivity index (χ4v) is 5.68. The average molecular weight is 828 g/mol. The molecule has 0 atom stereocenters. The van der Waals surface area contributed by atoms with Gasteiger partial charge in [0.1, 0.15) is 11.4 Å². The molecule has 0 amide bonds. The van der Waals surface area contributed by atoms with Crippen LogP contribution in [0.4, 0.5) is 22.7 Å². The lowest BCUT2D eigenvalue weighted by Gasteiger charge is -2.23. The lowest BCUT2D eigenvalue weighted by atomic mass is 10.1. The summed E-state index contributed by atoms with van der Waals surface area (Å²) in [6, 6.07) is 12.6. The number of carbonyl (C=O) groups is 2. The van der Waals surface area contributed by atoms with E-state index in [4.69, 9.17) is 26.2 Å². The normalized spacial score (nSPS) is 10.4. The Morgan fingerprint density at radius 1 is 1.00 bits per heavy atom. The molecule has 0 aliphatic carbocycles. The van der Waals surface area contributed by atoms with Gasteiger partial charge in [-0.05, 0) is 113 Å². The van der Waals surface area contributed by atoms with E-state index in [1.54, 1.807) is 31.2 Å². The Morgan fingerprint density at radius 3 is 2.10 bits per heavy atom. The van der Waals surface area contributed by atoms with Gasteiger partial charge in [-0.25, -0.2) is 9.59 Å². The molecule has 0 spiro atoms. The van der Waals surface area contributed by atoms with Gasteiger partial charge in [-0.3, -0.25) is 4.55 Å². The third-order valence-electron chi connectivity index (χ3n) is 5.57. The molecule has 8 N–H and O–H groups in total. The molecule has 0 saturated heterocycles. The van der Waals surface area contributed by atoms with E-state index in [1.165, 1.54) is 18.2 Å². The Kier molecular flexibility index (Phi) is 14.9. The van der Waals surface area contributed by atoms with Gasteiger partial charge >= 0.3 is 11.9 Å². The minimum Gasteiger partial charge on any atom is -0.505 e. The summed E-state index contributed by atoms with van der Waals surface area (Å²) in [6.45, 7) is 4.57. The topological polar surface area (TPSA) is 234 Å². The van der Waals surface area contributed by atoms with Crippen molar-refractivity contribution in [3.05, 3.63) is 77.3 Å². The first-order chi connectivity index (χ1) is 19.5. The van der Waals surface area contributed by atoms with Crippen molar-refractivity contribution in [2.24, 2.45) is 5.18 Å². The lowest BCUT2D eigenvalue weighted by molar-refractivity contribution is 0.0686. The van der Waals surface area contributed by atoms with Crippen molar-refractivity contribution in [2.45, 2.75) is 20.3 Å². The van der Waals surface area contributed by atoms with Gasteiger partial charge in [0.25, 0.3) is 10.1 Å². The molecule has 0 bridgehead atoms. The zero-order valence-corrected chi connectivity index (χ0v) is 27.6. The first-order valence-corrected chi connectivity index (χ1v) is 15.7. The monoisotopic (exact) mass is 828 g/mol. The molecule has 3 aromatic carbocycles. The van der Waals surface area contributed by atoms with E-state index in [9.17, 15) is 28.0 Å². The van der Waals surface area contributed by atoms with Crippen LogP contribution in [0, 0.1) is 19.0 Å². The maximum Gasteiger partial charge on any atom is 0.337 e. The molecule has 0 heterocycles. The highest BCUT2D eigenvalue weighted by atomic mass is 127. The fraction of sp³-hybridized carbons (Fsp3) is 0.231. The van der Waals surface area contributed by atoms with Gasteiger partial charge < -0.3 is 31.7 Å². The Balaban J connectivity index is 0.000000332. The van der Waals surface area contributed by atoms with Gasteiger partial charge in [-0.1, -0.05) is 6.07 Å². The standard InChI is InChI=1S/C11H16N2O5S.C8H9NO2.C7H5I2NO2/c1-2-13(6-3-7-19(16,17)18)9-4-5-10(12-15)11(14)8-9;1-5-6(8(10)11)3-2-4-7(5)9;8-3-1-4(7(11)12)6(10)5(9)2-3/h4-5,8,14H,2-3,6-7H2,1H3,(H,16,17,18);2-4H,9H2,1H3,(H,10,11);1-2H,10H2,(H,11,12). The molecule has 0 radical (unpaired) electrons. The number of anilines is 3. The van der Waals surface area contributed by atoms with Gasteiger partial charge in [0.2, 0.25) is 0 Å². The number of aromatic hydroxyl groups is 1. The van der Waals surface area contributed by atoms with Crippen molar-refractivity contribution in [3.8, 4) is 5.75 Å². The van der Waals surface area contributed by atoms with Crippen LogP contribution in [-0.2, 0) is 10.1 Å². The number of aromatic carboxylic acids is 2. The van der Waals surface area contributed by atoms with Crippen LogP contribution in [0.1, 0.15) is 39.6 Å². The second-order valence-corrected chi connectivity index (χ2v) is 12.4. The molecule has 42 heavy (non-hydrogen) atoms. The summed E-state index contributed by atoms with van der Waals surface area (Å²) >= 11 is 4.07. The Bertz CT molecular complexity index is 1540. The number of nitrogens with zero attached hydrogens (tertiary/aromatic N) is 2. The van der Waals surface area contributed by atoms with Crippen molar-refractivity contribution in [1.29, 1.82) is 0 Å². The second-order valence-electron chi connectivity index (χ2n) is 8.46. The number of halogens is 2. The number of nitroso groups, excluding NO2 is 1. The number of carboxylic acids is 2. The lowest BCUT2D eigenvalue weighted by Crippen LogP contribution is -2.25. The molecule has 0 unspecified atom stereocenters. The minimum absolute atomic E-state index is 0.0438. The van der Waals surface area contributed by atoms with Gasteiger partial charge in [0, 0.05) is 37.7 Å². The molecule has 16 heteroatoms. The van der Waals surface area contributed by atoms with Crippen LogP contribution in [0.3, 0.4) is 0 Å². The number of benzene rings is 3. The summed E-state index contributed by atoms with van der Waals surface area (Å²) in [5.74, 6) is -2.46. The predicted molar refractivity (Wildman–Crippen MR) is 178 cm³/mol. The Hall–Kier alpha value is -3.23.